The fraction of sp³-hybridized carbons (Fsp3) is 0.150. The maximum absolute atomic E-state index is 9.73. The smallest absolute Gasteiger partial charge is 0.102 e. The summed E-state index contributed by atoms with van der Waals surface area (Å²) in [7, 11) is 0. The third kappa shape index (κ3) is 1.79. The normalized spacial score (nSPS) is 12.4. The van der Waals surface area contributed by atoms with Gasteiger partial charge in [-0.2, -0.15) is 5.26 Å². The molecule has 0 saturated carbocycles. The molecule has 1 aliphatic rings. The van der Waals surface area contributed by atoms with E-state index in [0.29, 0.717) is 0 Å². The Morgan fingerprint density at radius 1 is 0.955 bits per heavy atom. The molecule has 0 N–H and O–H groups in total. The largest absolute Gasteiger partial charge is 0.342 e. The lowest BCUT2D eigenvalue weighted by atomic mass is 9.96. The van der Waals surface area contributed by atoms with E-state index < -0.39 is 0 Å². The van der Waals surface area contributed by atoms with Crippen molar-refractivity contribution in [1.82, 2.24) is 4.57 Å². The summed E-state index contributed by atoms with van der Waals surface area (Å²) in [5.41, 5.74) is 8.08. The van der Waals surface area contributed by atoms with Gasteiger partial charge in [-0.1, -0.05) is 54.6 Å². The van der Waals surface area contributed by atoms with Crippen LogP contribution in [0.1, 0.15) is 28.1 Å². The first-order chi connectivity index (χ1) is 10.8. The Labute approximate surface area is 130 Å². The van der Waals surface area contributed by atoms with Gasteiger partial charge >= 0.3 is 0 Å². The summed E-state index contributed by atoms with van der Waals surface area (Å²) in [4.78, 5) is 0. The average molecular weight is 284 g/mol. The second-order valence-electron chi connectivity index (χ2n) is 5.79. The number of hydrogen-bond donors (Lipinski definition) is 0. The quantitative estimate of drug-likeness (QED) is 0.512. The third-order valence-corrected chi connectivity index (χ3v) is 4.61. The monoisotopic (exact) mass is 284 g/mol. The van der Waals surface area contributed by atoms with Crippen LogP contribution in [0.5, 0.6) is 0 Å². The zero-order valence-electron chi connectivity index (χ0n) is 12.5. The standard InChI is InChI=1S/C20H16N2/c1-14-20(15-7-3-2-4-8-15)18(12-21)19-11-16-9-5-6-10-17(16)13-22(14)19/h2-10H,11,13H2,1H3. The second-order valence-corrected chi connectivity index (χ2v) is 5.79. The van der Waals surface area contributed by atoms with Crippen LogP contribution in [0.3, 0.4) is 0 Å². The van der Waals surface area contributed by atoms with Crippen LogP contribution in [-0.4, -0.2) is 4.57 Å². The molecule has 0 spiro atoms. The van der Waals surface area contributed by atoms with E-state index in [-0.39, 0.29) is 0 Å². The van der Waals surface area contributed by atoms with Crippen molar-refractivity contribution in [3.05, 3.63) is 82.7 Å². The summed E-state index contributed by atoms with van der Waals surface area (Å²) >= 11 is 0. The molecular weight excluding hydrogens is 268 g/mol. The van der Waals surface area contributed by atoms with Crippen molar-refractivity contribution in [1.29, 1.82) is 5.26 Å². The molecule has 1 aliphatic heterocycles. The van der Waals surface area contributed by atoms with Gasteiger partial charge in [0.25, 0.3) is 0 Å². The molecule has 2 heterocycles. The van der Waals surface area contributed by atoms with Gasteiger partial charge in [0.15, 0.2) is 0 Å². The van der Waals surface area contributed by atoms with Crippen molar-refractivity contribution < 1.29 is 0 Å². The fourth-order valence-corrected chi connectivity index (χ4v) is 3.51. The van der Waals surface area contributed by atoms with E-state index in [2.05, 4.69) is 54.0 Å². The molecule has 1 aromatic heterocycles. The van der Waals surface area contributed by atoms with E-state index in [1.165, 1.54) is 16.8 Å². The van der Waals surface area contributed by atoms with Gasteiger partial charge in [0.05, 0.1) is 5.56 Å². The Kier molecular flexibility index (Phi) is 2.87. The highest BCUT2D eigenvalue weighted by molar-refractivity contribution is 5.75. The van der Waals surface area contributed by atoms with Crippen molar-refractivity contribution in [2.45, 2.75) is 19.9 Å². The highest BCUT2D eigenvalue weighted by atomic mass is 15.0. The lowest BCUT2D eigenvalue weighted by Gasteiger charge is -2.20. The predicted octanol–water partition coefficient (Wildman–Crippen LogP) is 4.29. The fourth-order valence-electron chi connectivity index (χ4n) is 3.51. The van der Waals surface area contributed by atoms with Crippen LogP contribution in [0.25, 0.3) is 11.1 Å². The minimum Gasteiger partial charge on any atom is -0.342 e. The predicted molar refractivity (Wildman–Crippen MR) is 87.7 cm³/mol. The van der Waals surface area contributed by atoms with Gasteiger partial charge in [0.2, 0.25) is 0 Å². The van der Waals surface area contributed by atoms with Gasteiger partial charge in [-0.25, -0.2) is 0 Å². The van der Waals surface area contributed by atoms with Gasteiger partial charge in [-0.3, -0.25) is 0 Å². The zero-order valence-corrected chi connectivity index (χ0v) is 12.5. The van der Waals surface area contributed by atoms with Crippen molar-refractivity contribution in [2.24, 2.45) is 0 Å². The SMILES string of the molecule is Cc1c(-c2ccccc2)c(C#N)c2n1Cc1ccccc1C2. The number of benzene rings is 2. The van der Waals surface area contributed by atoms with E-state index in [1.54, 1.807) is 0 Å². The Balaban J connectivity index is 1.95. The van der Waals surface area contributed by atoms with Crippen molar-refractivity contribution in [3.63, 3.8) is 0 Å². The molecule has 2 heteroatoms. The van der Waals surface area contributed by atoms with Gasteiger partial charge in [-0.15, -0.1) is 0 Å². The first-order valence-corrected chi connectivity index (χ1v) is 7.54. The minimum absolute atomic E-state index is 0.832. The molecule has 4 rings (SSSR count). The van der Waals surface area contributed by atoms with Gasteiger partial charge < -0.3 is 4.57 Å². The first kappa shape index (κ1) is 12.9. The van der Waals surface area contributed by atoms with Crippen LogP contribution in [0, 0.1) is 18.3 Å². The second kappa shape index (κ2) is 4.89. The molecule has 0 atom stereocenters. The third-order valence-electron chi connectivity index (χ3n) is 4.61. The topological polar surface area (TPSA) is 28.7 Å². The number of nitriles is 1. The molecule has 0 bridgehead atoms. The van der Waals surface area contributed by atoms with Crippen molar-refractivity contribution >= 4 is 0 Å². The molecule has 0 fully saturated rings. The lowest BCUT2D eigenvalue weighted by Crippen LogP contribution is -2.15. The molecule has 0 amide bonds. The van der Waals surface area contributed by atoms with Gasteiger partial charge in [0, 0.05) is 29.9 Å². The minimum atomic E-state index is 0.832. The molecule has 0 unspecified atom stereocenters. The number of rotatable bonds is 1. The molecule has 3 aromatic rings. The molecule has 0 radical (unpaired) electrons. The van der Waals surface area contributed by atoms with E-state index in [9.17, 15) is 5.26 Å². The van der Waals surface area contributed by atoms with Gasteiger partial charge in [-0.05, 0) is 23.6 Å². The molecule has 106 valence electrons. The van der Waals surface area contributed by atoms with E-state index in [4.69, 9.17) is 0 Å². The van der Waals surface area contributed by atoms with Crippen molar-refractivity contribution in [3.8, 4) is 17.2 Å². The Bertz CT molecular complexity index is 895. The molecule has 22 heavy (non-hydrogen) atoms. The van der Waals surface area contributed by atoms with E-state index >= 15 is 0 Å². The number of nitrogens with zero attached hydrogens (tertiary/aromatic N) is 2. The van der Waals surface area contributed by atoms with Crippen LogP contribution in [0.15, 0.2) is 54.6 Å². The van der Waals surface area contributed by atoms with E-state index in [1.807, 2.05) is 18.2 Å². The molecule has 2 aromatic carbocycles. The van der Waals surface area contributed by atoms with Crippen LogP contribution in [-0.2, 0) is 13.0 Å². The highest BCUT2D eigenvalue weighted by Gasteiger charge is 2.25. The van der Waals surface area contributed by atoms with Crippen LogP contribution in [0.2, 0.25) is 0 Å². The summed E-state index contributed by atoms with van der Waals surface area (Å²) in [5, 5.41) is 9.73. The Morgan fingerprint density at radius 2 is 1.64 bits per heavy atom. The molecule has 2 nitrogen and oxygen atoms in total. The summed E-state index contributed by atoms with van der Waals surface area (Å²) in [6.07, 6.45) is 0.840. The number of aromatic nitrogens is 1. The van der Waals surface area contributed by atoms with Crippen molar-refractivity contribution in [2.75, 3.05) is 0 Å². The Morgan fingerprint density at radius 3 is 2.36 bits per heavy atom. The highest BCUT2D eigenvalue weighted by Crippen LogP contribution is 2.36. The maximum Gasteiger partial charge on any atom is 0.102 e. The van der Waals surface area contributed by atoms with Crippen LogP contribution < -0.4 is 0 Å². The molecular formula is C20H16N2. The molecule has 0 saturated heterocycles. The summed E-state index contributed by atoms with van der Waals surface area (Å²) < 4.78 is 2.31. The Hall–Kier alpha value is -2.79. The maximum atomic E-state index is 9.73. The van der Waals surface area contributed by atoms with Crippen LogP contribution in [0.4, 0.5) is 0 Å². The van der Waals surface area contributed by atoms with E-state index in [0.717, 1.165) is 35.3 Å². The number of hydrogen-bond acceptors (Lipinski definition) is 1. The van der Waals surface area contributed by atoms with Gasteiger partial charge in [0.1, 0.15) is 6.07 Å². The zero-order chi connectivity index (χ0) is 15.1. The summed E-state index contributed by atoms with van der Waals surface area (Å²) in [5.74, 6) is 0. The molecule has 0 aliphatic carbocycles. The lowest BCUT2D eigenvalue weighted by molar-refractivity contribution is 0.697. The number of fused-ring (bicyclic) bond motifs is 2. The summed E-state index contributed by atoms with van der Waals surface area (Å²) in [6, 6.07) is 21.2. The summed E-state index contributed by atoms with van der Waals surface area (Å²) in [6.45, 7) is 2.99. The average Bonchev–Trinajstić information content (AvgIpc) is 2.85. The first-order valence-electron chi connectivity index (χ1n) is 7.54. The van der Waals surface area contributed by atoms with Crippen LogP contribution >= 0.6 is 0 Å².